The van der Waals surface area contributed by atoms with Crippen molar-refractivity contribution in [1.29, 1.82) is 0 Å². The molecule has 0 atom stereocenters. The second-order valence-corrected chi connectivity index (χ2v) is 5.36. The second kappa shape index (κ2) is 7.51. The highest BCUT2D eigenvalue weighted by atomic mass is 79.9. The van der Waals surface area contributed by atoms with Crippen molar-refractivity contribution in [3.63, 3.8) is 0 Å². The Labute approximate surface area is 129 Å². The van der Waals surface area contributed by atoms with Crippen molar-refractivity contribution in [3.05, 3.63) is 58.1 Å². The molecule has 0 bridgehead atoms. The summed E-state index contributed by atoms with van der Waals surface area (Å²) in [5, 5.41) is 0. The summed E-state index contributed by atoms with van der Waals surface area (Å²) in [6.07, 6.45) is 0.858. The second-order valence-electron chi connectivity index (χ2n) is 4.50. The minimum absolute atomic E-state index is 0.608. The normalized spacial score (nSPS) is 10.5. The van der Waals surface area contributed by atoms with Gasteiger partial charge in [0.25, 0.3) is 0 Å². The predicted molar refractivity (Wildman–Crippen MR) is 85.9 cm³/mol. The average Bonchev–Trinajstić information content (AvgIpc) is 2.46. The molecule has 0 heterocycles. The maximum Gasteiger partial charge on any atom is 0.118 e. The number of hydrogen-bond donors (Lipinski definition) is 0. The fraction of sp³-hybridized carbons (Fsp3) is 0.250. The molecular formula is C16H16BBrO2. The van der Waals surface area contributed by atoms with Crippen LogP contribution in [-0.4, -0.2) is 21.6 Å². The van der Waals surface area contributed by atoms with Gasteiger partial charge in [-0.3, -0.25) is 0 Å². The molecule has 0 saturated heterocycles. The van der Waals surface area contributed by atoms with Gasteiger partial charge < -0.3 is 9.47 Å². The van der Waals surface area contributed by atoms with E-state index in [0.29, 0.717) is 13.2 Å². The molecular weight excluding hydrogens is 315 g/mol. The van der Waals surface area contributed by atoms with Crippen molar-refractivity contribution < 1.29 is 9.47 Å². The van der Waals surface area contributed by atoms with Gasteiger partial charge in [0.2, 0.25) is 0 Å². The van der Waals surface area contributed by atoms with Gasteiger partial charge in [0.1, 0.15) is 13.6 Å². The molecule has 4 heteroatoms. The minimum Gasteiger partial charge on any atom is -0.497 e. The van der Waals surface area contributed by atoms with E-state index in [4.69, 9.17) is 17.3 Å². The molecule has 20 heavy (non-hydrogen) atoms. The van der Waals surface area contributed by atoms with Crippen molar-refractivity contribution in [2.75, 3.05) is 13.7 Å². The minimum atomic E-state index is 0.608. The molecule has 0 N–H and O–H groups in total. The van der Waals surface area contributed by atoms with Gasteiger partial charge in [-0.25, -0.2) is 0 Å². The van der Waals surface area contributed by atoms with Gasteiger partial charge >= 0.3 is 0 Å². The predicted octanol–water partition coefficient (Wildman–Crippen LogP) is 3.01. The zero-order chi connectivity index (χ0) is 14.4. The third-order valence-corrected chi connectivity index (χ3v) is 3.76. The summed E-state index contributed by atoms with van der Waals surface area (Å²) in [5.74, 6) is 0.861. The van der Waals surface area contributed by atoms with E-state index in [-0.39, 0.29) is 0 Å². The molecule has 2 rings (SSSR count). The molecule has 2 radical (unpaired) electrons. The number of rotatable bonds is 6. The average molecular weight is 331 g/mol. The van der Waals surface area contributed by atoms with E-state index in [1.54, 1.807) is 7.11 Å². The molecule has 0 unspecified atom stereocenters. The van der Waals surface area contributed by atoms with Crippen LogP contribution in [0.2, 0.25) is 0 Å². The van der Waals surface area contributed by atoms with Gasteiger partial charge in [0.15, 0.2) is 0 Å². The lowest BCUT2D eigenvalue weighted by Crippen LogP contribution is -2.05. The zero-order valence-electron chi connectivity index (χ0n) is 11.4. The highest BCUT2D eigenvalue weighted by molar-refractivity contribution is 9.10. The first-order valence-corrected chi connectivity index (χ1v) is 7.23. The summed E-state index contributed by atoms with van der Waals surface area (Å²) in [7, 11) is 7.37. The number of methoxy groups -OCH3 is 1. The lowest BCUT2D eigenvalue weighted by Gasteiger charge is -2.08. The van der Waals surface area contributed by atoms with Gasteiger partial charge in [-0.2, -0.15) is 0 Å². The molecule has 102 valence electrons. The Morgan fingerprint density at radius 1 is 1.10 bits per heavy atom. The van der Waals surface area contributed by atoms with E-state index < -0.39 is 0 Å². The number of benzene rings is 2. The first-order valence-electron chi connectivity index (χ1n) is 6.43. The highest BCUT2D eigenvalue weighted by Gasteiger charge is 2.00. The van der Waals surface area contributed by atoms with Gasteiger partial charge in [-0.15, -0.1) is 0 Å². The van der Waals surface area contributed by atoms with E-state index in [9.17, 15) is 0 Å². The van der Waals surface area contributed by atoms with Gasteiger partial charge in [-0.05, 0) is 29.7 Å². The third kappa shape index (κ3) is 4.39. The van der Waals surface area contributed by atoms with Gasteiger partial charge in [-0.1, -0.05) is 51.7 Å². The van der Waals surface area contributed by atoms with Crippen molar-refractivity contribution in [2.45, 2.75) is 13.0 Å². The Kier molecular flexibility index (Phi) is 5.68. The van der Waals surface area contributed by atoms with Crippen LogP contribution in [0, 0.1) is 0 Å². The Hall–Kier alpha value is -1.26. The van der Waals surface area contributed by atoms with E-state index in [1.165, 1.54) is 5.56 Å². The monoisotopic (exact) mass is 330 g/mol. The third-order valence-electron chi connectivity index (χ3n) is 3.02. The number of halogens is 1. The summed E-state index contributed by atoms with van der Waals surface area (Å²) in [6, 6.07) is 13.7. The van der Waals surface area contributed by atoms with Crippen molar-refractivity contribution in [3.8, 4) is 5.75 Å². The van der Waals surface area contributed by atoms with Crippen LogP contribution in [0.25, 0.3) is 0 Å². The van der Waals surface area contributed by atoms with Crippen LogP contribution in [0.3, 0.4) is 0 Å². The van der Waals surface area contributed by atoms with E-state index in [0.717, 1.165) is 27.7 Å². The Balaban J connectivity index is 1.78. The number of ether oxygens (including phenoxy) is 2. The standard InChI is InChI=1S/C16H16BBrO2/c1-19-15-6-2-12(3-7-15)11-20-9-8-13-4-5-14(17)10-16(13)18/h2-7,10H,8-9,11H2,1H3. The van der Waals surface area contributed by atoms with Crippen LogP contribution in [0.4, 0.5) is 0 Å². The van der Waals surface area contributed by atoms with Crippen molar-refractivity contribution >= 4 is 29.2 Å². The Bertz CT molecular complexity index is 555. The maximum absolute atomic E-state index is 5.71. The lowest BCUT2D eigenvalue weighted by atomic mass is 9.95. The van der Waals surface area contributed by atoms with Crippen molar-refractivity contribution in [2.24, 2.45) is 0 Å². The van der Waals surface area contributed by atoms with E-state index in [1.807, 2.05) is 42.5 Å². The Morgan fingerprint density at radius 3 is 2.50 bits per heavy atom. The fourth-order valence-corrected chi connectivity index (χ4v) is 2.45. The van der Waals surface area contributed by atoms with Gasteiger partial charge in [0.05, 0.1) is 20.3 Å². The summed E-state index contributed by atoms with van der Waals surface area (Å²) < 4.78 is 11.8. The Morgan fingerprint density at radius 2 is 1.85 bits per heavy atom. The first-order chi connectivity index (χ1) is 9.69. The summed E-state index contributed by atoms with van der Waals surface area (Å²) in [6.45, 7) is 1.28. The molecule has 2 nitrogen and oxygen atoms in total. The van der Waals surface area contributed by atoms with E-state index >= 15 is 0 Å². The smallest absolute Gasteiger partial charge is 0.118 e. The summed E-state index contributed by atoms with van der Waals surface area (Å²) in [5.41, 5.74) is 3.11. The molecule has 0 aliphatic rings. The maximum atomic E-state index is 5.71. The van der Waals surface area contributed by atoms with Crippen LogP contribution < -0.4 is 10.2 Å². The van der Waals surface area contributed by atoms with Crippen LogP contribution in [0.15, 0.2) is 46.9 Å². The van der Waals surface area contributed by atoms with Crippen molar-refractivity contribution in [1.82, 2.24) is 0 Å². The largest absolute Gasteiger partial charge is 0.497 e. The molecule has 0 aliphatic carbocycles. The topological polar surface area (TPSA) is 18.5 Å². The molecule has 0 amide bonds. The SMILES string of the molecule is [B]c1ccc(CCOCc2ccc(OC)cc2)c(Br)c1. The number of hydrogen-bond acceptors (Lipinski definition) is 2. The molecule has 0 aliphatic heterocycles. The highest BCUT2D eigenvalue weighted by Crippen LogP contribution is 2.16. The molecule has 0 spiro atoms. The lowest BCUT2D eigenvalue weighted by molar-refractivity contribution is 0.123. The molecule has 0 saturated carbocycles. The van der Waals surface area contributed by atoms with Crippen LogP contribution in [-0.2, 0) is 17.8 Å². The fourth-order valence-electron chi connectivity index (χ4n) is 1.86. The summed E-state index contributed by atoms with van der Waals surface area (Å²) >= 11 is 3.51. The molecule has 2 aromatic rings. The first kappa shape index (κ1) is 15.1. The van der Waals surface area contributed by atoms with E-state index in [2.05, 4.69) is 15.9 Å². The zero-order valence-corrected chi connectivity index (χ0v) is 13.0. The quantitative estimate of drug-likeness (QED) is 0.599. The molecule has 2 aromatic carbocycles. The van der Waals surface area contributed by atoms with Crippen LogP contribution in [0.1, 0.15) is 11.1 Å². The van der Waals surface area contributed by atoms with Crippen LogP contribution in [0.5, 0.6) is 5.75 Å². The van der Waals surface area contributed by atoms with Gasteiger partial charge in [0, 0.05) is 4.47 Å². The summed E-state index contributed by atoms with van der Waals surface area (Å²) in [4.78, 5) is 0. The molecule has 0 fully saturated rings. The molecule has 0 aromatic heterocycles. The van der Waals surface area contributed by atoms with Crippen LogP contribution >= 0.6 is 15.9 Å².